The third-order valence-corrected chi connectivity index (χ3v) is 15.0. The van der Waals surface area contributed by atoms with Crippen molar-refractivity contribution in [1.82, 2.24) is 10.1 Å². The summed E-state index contributed by atoms with van der Waals surface area (Å²) >= 11 is 0. The average molecular weight is 672 g/mol. The molecule has 258 valence electrons. The molecular weight excluding hydrogens is 621 g/mol. The molecule has 0 bridgehead atoms. The number of fused-ring (bicyclic) bond motifs is 4. The molecule has 0 aliphatic heterocycles. The number of allylic oxidation sites excluding steroid dienone is 1. The van der Waals surface area contributed by atoms with E-state index in [1.165, 1.54) is 6.07 Å². The summed E-state index contributed by atoms with van der Waals surface area (Å²) in [4.78, 5) is 31.7. The van der Waals surface area contributed by atoms with Gasteiger partial charge in [-0.25, -0.2) is 4.39 Å². The number of ether oxygens (including phenoxy) is 2. The van der Waals surface area contributed by atoms with Gasteiger partial charge in [0.15, 0.2) is 31.2 Å². The number of hydrogen-bond donors (Lipinski definition) is 2. The molecule has 0 saturated heterocycles. The number of aliphatic hydroxyl groups is 1. The summed E-state index contributed by atoms with van der Waals surface area (Å²) in [5.41, 5.74) is 4.65. The van der Waals surface area contributed by atoms with E-state index in [0.717, 1.165) is 19.3 Å². The van der Waals surface area contributed by atoms with Crippen LogP contribution in [0.4, 0.5) is 10.1 Å². The van der Waals surface area contributed by atoms with Crippen LogP contribution in [0.25, 0.3) is 0 Å². The third kappa shape index (κ3) is 5.59. The van der Waals surface area contributed by atoms with Crippen LogP contribution >= 0.6 is 0 Å². The molecule has 1 aromatic carbocycles. The fraction of sp³-hybridized carbons (Fsp3) is 0.629. The Morgan fingerprint density at radius 1 is 1.13 bits per heavy atom. The van der Waals surface area contributed by atoms with Crippen molar-refractivity contribution in [1.29, 1.82) is 0 Å². The number of carbonyl (C=O) groups is 2. The Balaban J connectivity index is 1.78. The molecule has 3 aliphatic rings. The van der Waals surface area contributed by atoms with Gasteiger partial charge in [0, 0.05) is 23.1 Å². The third-order valence-electron chi connectivity index (χ3n) is 10.5. The van der Waals surface area contributed by atoms with E-state index in [-0.39, 0.29) is 57.5 Å². The van der Waals surface area contributed by atoms with Crippen LogP contribution in [0, 0.1) is 17.7 Å². The molecule has 3 aliphatic carbocycles. The first-order valence-corrected chi connectivity index (χ1v) is 19.7. The smallest absolute Gasteiger partial charge is 0.265 e. The molecule has 0 saturated carbocycles. The minimum atomic E-state index is -2.85. The summed E-state index contributed by atoms with van der Waals surface area (Å²) in [5.74, 6) is -3.00. The van der Waals surface area contributed by atoms with Crippen LogP contribution in [0.2, 0.25) is 18.1 Å². The van der Waals surface area contributed by atoms with Crippen molar-refractivity contribution in [3.05, 3.63) is 45.7 Å². The molecular formula is C35H50FN3O7Si. The predicted molar refractivity (Wildman–Crippen MR) is 179 cm³/mol. The van der Waals surface area contributed by atoms with E-state index in [9.17, 15) is 9.90 Å². The minimum absolute atomic E-state index is 0.000924. The first-order valence-electron chi connectivity index (χ1n) is 16.8. The molecule has 0 spiro atoms. The van der Waals surface area contributed by atoms with E-state index >= 15 is 9.18 Å². The van der Waals surface area contributed by atoms with Crippen molar-refractivity contribution in [2.45, 2.75) is 103 Å². The maximum Gasteiger partial charge on any atom is 0.265 e. The molecule has 2 aromatic rings. The Hall–Kier alpha value is -3.22. The molecule has 4 atom stereocenters. The molecule has 1 aromatic heterocycles. The van der Waals surface area contributed by atoms with Gasteiger partial charge in [-0.3, -0.25) is 14.5 Å². The van der Waals surface area contributed by atoms with Gasteiger partial charge in [-0.15, -0.1) is 0 Å². The number of aliphatic hydroxyl groups excluding tert-OH is 1. The van der Waals surface area contributed by atoms with Crippen molar-refractivity contribution in [3.8, 4) is 11.6 Å². The first-order chi connectivity index (χ1) is 22.0. The molecule has 12 heteroatoms. The van der Waals surface area contributed by atoms with Crippen molar-refractivity contribution >= 4 is 25.6 Å². The highest BCUT2D eigenvalue weighted by atomic mass is 28.4. The molecule has 3 N–H and O–H groups in total. The van der Waals surface area contributed by atoms with E-state index in [2.05, 4.69) is 25.9 Å². The van der Waals surface area contributed by atoms with Gasteiger partial charge in [0.05, 0.1) is 30.5 Å². The topological polar surface area (TPSA) is 137 Å². The van der Waals surface area contributed by atoms with Crippen molar-refractivity contribution < 1.29 is 37.5 Å². The number of rotatable bonds is 11. The standard InChI is InChI=1S/C35H50FN3O7Si/c1-10-12-14-43-29-23(37)18-22(36)20-16-19-17-21-27(39(6)7)30-26(33(38-45-30)44-15-13-11-2)32(42)35(21,46-47(8,9)34(3,4)5)31(41)24(19)28(40)25(20)29/h18-19,21,27,41H,10-17,37H2,1-9H3/t19-,21-,27-,35-/m0/s1. The Bertz CT molecular complexity index is 1590. The zero-order valence-corrected chi connectivity index (χ0v) is 30.2. The van der Waals surface area contributed by atoms with Gasteiger partial charge in [-0.1, -0.05) is 47.5 Å². The predicted octanol–water partition coefficient (Wildman–Crippen LogP) is 7.20. The summed E-state index contributed by atoms with van der Waals surface area (Å²) in [7, 11) is 0.876. The van der Waals surface area contributed by atoms with Gasteiger partial charge in [0.1, 0.15) is 17.1 Å². The number of halogens is 1. The molecule has 0 amide bonds. The monoisotopic (exact) mass is 671 g/mol. The number of anilines is 1. The van der Waals surface area contributed by atoms with Crippen molar-refractivity contribution in [3.63, 3.8) is 0 Å². The summed E-state index contributed by atoms with van der Waals surface area (Å²) in [6.45, 7) is 14.8. The molecule has 10 nitrogen and oxygen atoms in total. The van der Waals surface area contributed by atoms with Crippen LogP contribution < -0.4 is 15.2 Å². The number of Topliss-reactive ketones (excluding diaryl/α,β-unsaturated/α-hetero) is 2. The molecule has 5 rings (SSSR count). The zero-order valence-electron chi connectivity index (χ0n) is 29.2. The molecule has 0 fully saturated rings. The highest BCUT2D eigenvalue weighted by Crippen LogP contribution is 2.60. The summed E-state index contributed by atoms with van der Waals surface area (Å²) in [6, 6.07) is 0.622. The highest BCUT2D eigenvalue weighted by Gasteiger charge is 2.67. The van der Waals surface area contributed by atoms with E-state index < -0.39 is 54.9 Å². The van der Waals surface area contributed by atoms with E-state index in [4.69, 9.17) is 24.2 Å². The fourth-order valence-electron chi connectivity index (χ4n) is 7.05. The average Bonchev–Trinajstić information content (AvgIpc) is 3.39. The van der Waals surface area contributed by atoms with Gasteiger partial charge in [0.25, 0.3) is 5.88 Å². The maximum absolute atomic E-state index is 15.6. The Morgan fingerprint density at radius 3 is 2.36 bits per heavy atom. The summed E-state index contributed by atoms with van der Waals surface area (Å²) in [5, 5.41) is 16.4. The Kier molecular flexibility index (Phi) is 9.46. The van der Waals surface area contributed by atoms with Crippen LogP contribution in [0.15, 0.2) is 21.9 Å². The number of nitrogens with two attached hydrogens (primary N) is 1. The number of ketones is 2. The maximum atomic E-state index is 15.6. The second-order valence-electron chi connectivity index (χ2n) is 14.9. The zero-order chi connectivity index (χ0) is 34.6. The number of nitrogen functional groups attached to an aromatic ring is 1. The van der Waals surface area contributed by atoms with Crippen molar-refractivity contribution in [2.75, 3.05) is 33.0 Å². The lowest BCUT2D eigenvalue weighted by Gasteiger charge is -2.55. The second kappa shape index (κ2) is 12.7. The van der Waals surface area contributed by atoms with Crippen LogP contribution in [0.5, 0.6) is 11.6 Å². The van der Waals surface area contributed by atoms with Gasteiger partial charge in [0.2, 0.25) is 5.78 Å². The lowest BCUT2D eigenvalue weighted by molar-refractivity contribution is -0.0481. The van der Waals surface area contributed by atoms with Crippen LogP contribution in [-0.2, 0) is 10.8 Å². The number of nitrogens with zero attached hydrogens (tertiary/aromatic N) is 2. The van der Waals surface area contributed by atoms with E-state index in [1.807, 2.05) is 45.9 Å². The molecule has 47 heavy (non-hydrogen) atoms. The van der Waals surface area contributed by atoms with Crippen molar-refractivity contribution in [2.24, 2.45) is 11.8 Å². The number of aromatic nitrogens is 1. The van der Waals surface area contributed by atoms with E-state index in [0.29, 0.717) is 25.4 Å². The minimum Gasteiger partial charge on any atom is -0.508 e. The molecule has 1 heterocycles. The molecule has 0 radical (unpaired) electrons. The quantitative estimate of drug-likeness (QED) is 0.143. The number of carbonyl (C=O) groups excluding carboxylic acids is 2. The molecule has 0 unspecified atom stereocenters. The summed E-state index contributed by atoms with van der Waals surface area (Å²) in [6.07, 6.45) is 3.55. The second-order valence-corrected chi connectivity index (χ2v) is 19.7. The fourth-order valence-corrected chi connectivity index (χ4v) is 8.50. The lowest BCUT2D eigenvalue weighted by atomic mass is 9.58. The van der Waals surface area contributed by atoms with Gasteiger partial charge < -0.3 is 29.3 Å². The van der Waals surface area contributed by atoms with Crippen LogP contribution in [-0.4, -0.2) is 68.0 Å². The summed E-state index contributed by atoms with van der Waals surface area (Å²) < 4.78 is 40.6. The Morgan fingerprint density at radius 2 is 1.77 bits per heavy atom. The van der Waals surface area contributed by atoms with Crippen LogP contribution in [0.3, 0.4) is 0 Å². The van der Waals surface area contributed by atoms with Gasteiger partial charge >= 0.3 is 0 Å². The number of benzene rings is 1. The normalized spacial score (nSPS) is 24.2. The first kappa shape index (κ1) is 35.1. The van der Waals surface area contributed by atoms with Gasteiger partial charge in [-0.2, -0.15) is 0 Å². The van der Waals surface area contributed by atoms with E-state index in [1.54, 1.807) is 0 Å². The number of unbranched alkanes of at least 4 members (excludes halogenated alkanes) is 2. The van der Waals surface area contributed by atoms with Gasteiger partial charge in [-0.05, 0) is 69.0 Å². The highest BCUT2D eigenvalue weighted by molar-refractivity contribution is 6.74. The van der Waals surface area contributed by atoms with Crippen LogP contribution in [0.1, 0.15) is 105 Å². The Labute approximate surface area is 277 Å². The lowest BCUT2D eigenvalue weighted by Crippen LogP contribution is -2.65. The largest absolute Gasteiger partial charge is 0.508 e. The SMILES string of the molecule is CCCCOc1noc2c1C(=O)[C@@]1(O[Si](C)(C)C(C)(C)C)C(O)=C3C(=O)c4c(c(F)cc(N)c4OCCCC)C[C@H]3C[C@H]1[C@@H]2N(C)C. The number of hydrogen-bond acceptors (Lipinski definition) is 10.